The second-order valence-electron chi connectivity index (χ2n) is 15.0. The fraction of sp³-hybridized carbons (Fsp3) is 0.788. The lowest BCUT2D eigenvalue weighted by Gasteiger charge is -2.70. The van der Waals surface area contributed by atoms with Crippen LogP contribution in [0, 0.1) is 58.7 Å². The fourth-order valence-corrected chi connectivity index (χ4v) is 11.2. The van der Waals surface area contributed by atoms with Gasteiger partial charge >= 0.3 is 0 Å². The summed E-state index contributed by atoms with van der Waals surface area (Å²) >= 11 is 0. The highest BCUT2D eigenvalue weighted by atomic mass is 14.8. The Morgan fingerprint density at radius 1 is 0.912 bits per heavy atom. The molecule has 0 radical (unpaired) electrons. The van der Waals surface area contributed by atoms with Gasteiger partial charge in [0, 0.05) is 17.3 Å². The highest BCUT2D eigenvalue weighted by molar-refractivity contribution is 5.39. The standard InChI is InChI=1S/C33H49N/c1-20-17-24-18-31(6)26(30(4,5)29(24)34-19-20)14-16-33(8)27(31)12-11-25-28-22(3)21(2)9-10-23(28)13-15-32(25,33)7/h11,17,19,21-23,26-28H,9-10,12-16,18H2,1-8H3/t21-,22+,23+,26+,27-,28-,31+,32-,33-/m1/s1. The maximum atomic E-state index is 5.04. The monoisotopic (exact) mass is 459 g/mol. The van der Waals surface area contributed by atoms with Crippen molar-refractivity contribution in [2.24, 2.45) is 51.8 Å². The Morgan fingerprint density at radius 2 is 1.68 bits per heavy atom. The number of fused-ring (bicyclic) bond motifs is 8. The number of rotatable bonds is 0. The summed E-state index contributed by atoms with van der Waals surface area (Å²) < 4.78 is 0. The molecule has 1 heterocycles. The van der Waals surface area contributed by atoms with Gasteiger partial charge in [0.2, 0.25) is 0 Å². The molecule has 0 N–H and O–H groups in total. The molecule has 34 heavy (non-hydrogen) atoms. The summed E-state index contributed by atoms with van der Waals surface area (Å²) in [5, 5.41) is 0. The van der Waals surface area contributed by atoms with Crippen molar-refractivity contribution >= 4 is 0 Å². The first-order chi connectivity index (χ1) is 15.9. The lowest BCUT2D eigenvalue weighted by Crippen LogP contribution is -2.63. The van der Waals surface area contributed by atoms with Crippen LogP contribution in [0.25, 0.3) is 0 Å². The average molecular weight is 460 g/mol. The van der Waals surface area contributed by atoms with Gasteiger partial charge in [-0.15, -0.1) is 0 Å². The molecule has 1 nitrogen and oxygen atoms in total. The van der Waals surface area contributed by atoms with Gasteiger partial charge in [-0.3, -0.25) is 4.98 Å². The molecule has 0 unspecified atom stereocenters. The van der Waals surface area contributed by atoms with E-state index in [0.717, 1.165) is 35.5 Å². The molecular formula is C33H49N. The number of aryl methyl sites for hydroxylation is 1. The van der Waals surface area contributed by atoms with Crippen LogP contribution in [0.3, 0.4) is 0 Å². The van der Waals surface area contributed by atoms with E-state index in [1.807, 2.05) is 5.57 Å². The van der Waals surface area contributed by atoms with Crippen LogP contribution in [-0.2, 0) is 11.8 Å². The summed E-state index contributed by atoms with van der Waals surface area (Å²) in [7, 11) is 0. The second-order valence-corrected chi connectivity index (χ2v) is 15.0. The largest absolute Gasteiger partial charge is 0.260 e. The Hall–Kier alpha value is -1.11. The third-order valence-corrected chi connectivity index (χ3v) is 13.3. The van der Waals surface area contributed by atoms with Crippen molar-refractivity contribution in [1.29, 1.82) is 0 Å². The van der Waals surface area contributed by atoms with E-state index in [1.165, 1.54) is 62.6 Å². The number of allylic oxidation sites excluding steroid dienone is 2. The summed E-state index contributed by atoms with van der Waals surface area (Å²) in [6, 6.07) is 2.47. The zero-order valence-corrected chi connectivity index (χ0v) is 23.3. The Bertz CT molecular complexity index is 1030. The van der Waals surface area contributed by atoms with E-state index in [4.69, 9.17) is 4.98 Å². The van der Waals surface area contributed by atoms with Gasteiger partial charge in [-0.05, 0) is 115 Å². The number of aromatic nitrogens is 1. The topological polar surface area (TPSA) is 12.9 Å². The summed E-state index contributed by atoms with van der Waals surface area (Å²) in [4.78, 5) is 5.04. The minimum Gasteiger partial charge on any atom is -0.260 e. The Kier molecular flexibility index (Phi) is 4.95. The van der Waals surface area contributed by atoms with Gasteiger partial charge in [-0.2, -0.15) is 0 Å². The molecule has 6 rings (SSSR count). The molecule has 186 valence electrons. The number of hydrogen-bond donors (Lipinski definition) is 0. The van der Waals surface area contributed by atoms with Gasteiger partial charge in [0.25, 0.3) is 0 Å². The van der Waals surface area contributed by atoms with E-state index in [2.05, 4.69) is 73.7 Å². The molecule has 1 aromatic rings. The van der Waals surface area contributed by atoms with Crippen LogP contribution in [0.1, 0.15) is 110 Å². The number of nitrogens with zero attached hydrogens (tertiary/aromatic N) is 1. The van der Waals surface area contributed by atoms with E-state index in [0.29, 0.717) is 16.2 Å². The lowest BCUT2D eigenvalue weighted by molar-refractivity contribution is -0.153. The zero-order chi connectivity index (χ0) is 24.3. The van der Waals surface area contributed by atoms with Crippen molar-refractivity contribution in [3.05, 3.63) is 40.7 Å². The van der Waals surface area contributed by atoms with Gasteiger partial charge in [-0.1, -0.05) is 72.6 Å². The van der Waals surface area contributed by atoms with Crippen LogP contribution in [0.5, 0.6) is 0 Å². The predicted molar refractivity (Wildman–Crippen MR) is 143 cm³/mol. The van der Waals surface area contributed by atoms with Crippen molar-refractivity contribution < 1.29 is 0 Å². The molecule has 0 aliphatic heterocycles. The maximum absolute atomic E-state index is 5.04. The predicted octanol–water partition coefficient (Wildman–Crippen LogP) is 8.69. The lowest BCUT2D eigenvalue weighted by atomic mass is 9.34. The first-order valence-corrected chi connectivity index (χ1v) is 14.6. The van der Waals surface area contributed by atoms with E-state index in [9.17, 15) is 0 Å². The first-order valence-electron chi connectivity index (χ1n) is 14.6. The first kappa shape index (κ1) is 23.3. The van der Waals surface area contributed by atoms with Crippen LogP contribution in [0.4, 0.5) is 0 Å². The molecule has 0 amide bonds. The fourth-order valence-electron chi connectivity index (χ4n) is 11.2. The third-order valence-electron chi connectivity index (χ3n) is 13.3. The number of hydrogen-bond acceptors (Lipinski definition) is 1. The Morgan fingerprint density at radius 3 is 2.44 bits per heavy atom. The van der Waals surface area contributed by atoms with Crippen molar-refractivity contribution in [2.75, 3.05) is 0 Å². The average Bonchev–Trinajstić information content (AvgIpc) is 2.75. The van der Waals surface area contributed by atoms with Gasteiger partial charge < -0.3 is 0 Å². The molecule has 1 aromatic heterocycles. The molecule has 5 aliphatic rings. The minimum atomic E-state index is 0.160. The van der Waals surface area contributed by atoms with E-state index in [1.54, 1.807) is 5.56 Å². The van der Waals surface area contributed by atoms with Crippen LogP contribution in [0.15, 0.2) is 23.9 Å². The van der Waals surface area contributed by atoms with Crippen LogP contribution >= 0.6 is 0 Å². The van der Waals surface area contributed by atoms with Crippen molar-refractivity contribution in [3.8, 4) is 0 Å². The van der Waals surface area contributed by atoms with Crippen molar-refractivity contribution in [2.45, 2.75) is 112 Å². The maximum Gasteiger partial charge on any atom is 0.0495 e. The minimum absolute atomic E-state index is 0.160. The quantitative estimate of drug-likeness (QED) is 0.354. The summed E-state index contributed by atoms with van der Waals surface area (Å²) in [6.45, 7) is 20.6. The molecule has 9 atom stereocenters. The molecule has 0 spiro atoms. The summed E-state index contributed by atoms with van der Waals surface area (Å²) in [6.07, 6.45) is 16.1. The molecule has 1 heteroatoms. The molecule has 3 saturated carbocycles. The molecular weight excluding hydrogens is 410 g/mol. The van der Waals surface area contributed by atoms with Gasteiger partial charge in [0.1, 0.15) is 0 Å². The normalized spacial score (nSPS) is 49.0. The van der Waals surface area contributed by atoms with Gasteiger partial charge in [-0.25, -0.2) is 0 Å². The Labute approximate surface area is 209 Å². The summed E-state index contributed by atoms with van der Waals surface area (Å²) in [5.74, 6) is 5.03. The van der Waals surface area contributed by atoms with Crippen LogP contribution < -0.4 is 0 Å². The molecule has 0 aromatic carbocycles. The SMILES string of the molecule is Cc1cnc2c(c1)C[C@]1(C)[C@H]3CC=C4[C@H]5[C@@H](CC[C@@H](C)[C@@H]5C)CC[C@@]4(C)[C@]3(C)CC[C@H]1C2(C)C. The molecule has 5 aliphatic carbocycles. The van der Waals surface area contributed by atoms with Gasteiger partial charge in [0.05, 0.1) is 0 Å². The van der Waals surface area contributed by atoms with Crippen LogP contribution in [0.2, 0.25) is 0 Å². The molecule has 3 fully saturated rings. The van der Waals surface area contributed by atoms with Crippen molar-refractivity contribution in [3.63, 3.8) is 0 Å². The Balaban J connectivity index is 1.46. The smallest absolute Gasteiger partial charge is 0.0495 e. The zero-order valence-electron chi connectivity index (χ0n) is 23.3. The van der Waals surface area contributed by atoms with E-state index >= 15 is 0 Å². The highest BCUT2D eigenvalue weighted by Gasteiger charge is 2.66. The molecule has 0 saturated heterocycles. The molecule has 0 bridgehead atoms. The van der Waals surface area contributed by atoms with E-state index < -0.39 is 0 Å². The third kappa shape index (κ3) is 2.77. The van der Waals surface area contributed by atoms with E-state index in [-0.39, 0.29) is 5.41 Å². The van der Waals surface area contributed by atoms with Crippen molar-refractivity contribution in [1.82, 2.24) is 4.98 Å². The number of pyridine rings is 1. The van der Waals surface area contributed by atoms with Crippen LogP contribution in [-0.4, -0.2) is 4.98 Å². The highest BCUT2D eigenvalue weighted by Crippen LogP contribution is 2.73. The second kappa shape index (κ2) is 7.23. The summed E-state index contributed by atoms with van der Waals surface area (Å²) in [5.41, 5.74) is 7.49. The van der Waals surface area contributed by atoms with Gasteiger partial charge in [0.15, 0.2) is 0 Å².